The maximum Gasteiger partial charge on any atom is 0.182 e. The Balaban J connectivity index is 2.33. The molecule has 0 bridgehead atoms. The summed E-state index contributed by atoms with van der Waals surface area (Å²) in [7, 11) is 0. The van der Waals surface area contributed by atoms with Gasteiger partial charge in [0.15, 0.2) is 5.82 Å². The van der Waals surface area contributed by atoms with E-state index in [1.165, 1.54) is 0 Å². The van der Waals surface area contributed by atoms with Crippen LogP contribution in [0.4, 0.5) is 0 Å². The van der Waals surface area contributed by atoms with Crippen LogP contribution in [0.25, 0.3) is 11.4 Å². The minimum absolute atomic E-state index is 0.570. The van der Waals surface area contributed by atoms with Crippen LogP contribution in [0.15, 0.2) is 18.5 Å². The number of nitrogens with zero attached hydrogens (tertiary/aromatic N) is 3. The SMILES string of the molecule is Cc1ccncc1-c1n[nH]c(CCN)n1. The second-order valence-corrected chi connectivity index (χ2v) is 3.33. The number of hydrogen-bond acceptors (Lipinski definition) is 4. The van der Waals surface area contributed by atoms with Gasteiger partial charge in [0.2, 0.25) is 0 Å². The molecule has 15 heavy (non-hydrogen) atoms. The predicted octanol–water partition coefficient (Wildman–Crippen LogP) is 0.676. The average molecular weight is 203 g/mol. The molecule has 0 saturated heterocycles. The van der Waals surface area contributed by atoms with E-state index in [1.54, 1.807) is 12.4 Å². The van der Waals surface area contributed by atoms with Crippen LogP contribution in [0.2, 0.25) is 0 Å². The van der Waals surface area contributed by atoms with Crippen LogP contribution in [-0.2, 0) is 6.42 Å². The highest BCUT2D eigenvalue weighted by Crippen LogP contribution is 2.17. The van der Waals surface area contributed by atoms with Crippen molar-refractivity contribution in [2.45, 2.75) is 13.3 Å². The molecule has 5 nitrogen and oxygen atoms in total. The van der Waals surface area contributed by atoms with Gasteiger partial charge in [-0.3, -0.25) is 10.1 Å². The maximum absolute atomic E-state index is 5.44. The molecule has 0 aliphatic heterocycles. The monoisotopic (exact) mass is 203 g/mol. The maximum atomic E-state index is 5.44. The molecule has 2 rings (SSSR count). The van der Waals surface area contributed by atoms with E-state index in [9.17, 15) is 0 Å². The Morgan fingerprint density at radius 2 is 2.33 bits per heavy atom. The summed E-state index contributed by atoms with van der Waals surface area (Å²) in [5, 5.41) is 7.00. The lowest BCUT2D eigenvalue weighted by Gasteiger charge is -1.97. The van der Waals surface area contributed by atoms with Crippen molar-refractivity contribution in [2.75, 3.05) is 6.54 Å². The van der Waals surface area contributed by atoms with Gasteiger partial charge in [-0.1, -0.05) is 0 Å². The average Bonchev–Trinajstić information content (AvgIpc) is 2.68. The van der Waals surface area contributed by atoms with Gasteiger partial charge in [0.25, 0.3) is 0 Å². The first-order valence-electron chi connectivity index (χ1n) is 4.83. The van der Waals surface area contributed by atoms with Gasteiger partial charge in [-0.25, -0.2) is 4.98 Å². The van der Waals surface area contributed by atoms with Crippen LogP contribution in [0, 0.1) is 6.92 Å². The molecule has 5 heteroatoms. The Bertz CT molecular complexity index is 449. The van der Waals surface area contributed by atoms with Crippen LogP contribution >= 0.6 is 0 Å². The van der Waals surface area contributed by atoms with Crippen molar-refractivity contribution in [1.82, 2.24) is 20.2 Å². The van der Waals surface area contributed by atoms with Crippen LogP contribution in [-0.4, -0.2) is 26.7 Å². The molecule has 0 amide bonds. The van der Waals surface area contributed by atoms with Gasteiger partial charge < -0.3 is 5.73 Å². The standard InChI is InChI=1S/C10H13N5/c1-7-3-5-12-6-8(7)10-13-9(2-4-11)14-15-10/h3,5-6H,2,4,11H2,1H3,(H,13,14,15). The van der Waals surface area contributed by atoms with Crippen molar-refractivity contribution in [1.29, 1.82) is 0 Å². The van der Waals surface area contributed by atoms with Crippen LogP contribution in [0.3, 0.4) is 0 Å². The number of nitrogens with two attached hydrogens (primary N) is 1. The molecule has 0 fully saturated rings. The number of aromatic amines is 1. The molecule has 0 unspecified atom stereocenters. The van der Waals surface area contributed by atoms with Gasteiger partial charge in [-0.15, -0.1) is 0 Å². The fraction of sp³-hybridized carbons (Fsp3) is 0.300. The molecular formula is C10H13N5. The van der Waals surface area contributed by atoms with Gasteiger partial charge >= 0.3 is 0 Å². The summed E-state index contributed by atoms with van der Waals surface area (Å²) < 4.78 is 0. The zero-order valence-corrected chi connectivity index (χ0v) is 8.57. The Labute approximate surface area is 87.8 Å². The molecule has 0 radical (unpaired) electrons. The van der Waals surface area contributed by atoms with Crippen LogP contribution < -0.4 is 5.73 Å². The predicted molar refractivity (Wildman–Crippen MR) is 57.1 cm³/mol. The summed E-state index contributed by atoms with van der Waals surface area (Å²) in [4.78, 5) is 8.40. The van der Waals surface area contributed by atoms with E-state index in [0.717, 1.165) is 17.0 Å². The van der Waals surface area contributed by atoms with Crippen molar-refractivity contribution < 1.29 is 0 Å². The topological polar surface area (TPSA) is 80.5 Å². The van der Waals surface area contributed by atoms with Gasteiger partial charge in [-0.05, 0) is 25.1 Å². The van der Waals surface area contributed by atoms with Gasteiger partial charge in [0.1, 0.15) is 5.82 Å². The molecule has 0 aliphatic carbocycles. The molecule has 2 aromatic rings. The van der Waals surface area contributed by atoms with Gasteiger partial charge in [-0.2, -0.15) is 5.10 Å². The van der Waals surface area contributed by atoms with E-state index in [2.05, 4.69) is 20.2 Å². The van der Waals surface area contributed by atoms with E-state index >= 15 is 0 Å². The minimum atomic E-state index is 0.570. The molecule has 0 saturated carbocycles. The Hall–Kier alpha value is -1.75. The lowest BCUT2D eigenvalue weighted by molar-refractivity contribution is 0.874. The number of aryl methyl sites for hydroxylation is 1. The lowest BCUT2D eigenvalue weighted by Crippen LogP contribution is -2.03. The minimum Gasteiger partial charge on any atom is -0.330 e. The molecular weight excluding hydrogens is 190 g/mol. The van der Waals surface area contributed by atoms with E-state index in [4.69, 9.17) is 5.73 Å². The Morgan fingerprint density at radius 3 is 3.07 bits per heavy atom. The second kappa shape index (κ2) is 4.18. The van der Waals surface area contributed by atoms with Crippen molar-refractivity contribution in [3.05, 3.63) is 29.8 Å². The number of hydrogen-bond donors (Lipinski definition) is 2. The molecule has 0 spiro atoms. The van der Waals surface area contributed by atoms with Crippen molar-refractivity contribution in [3.63, 3.8) is 0 Å². The molecule has 2 heterocycles. The highest BCUT2D eigenvalue weighted by Gasteiger charge is 2.07. The van der Waals surface area contributed by atoms with Crippen molar-refractivity contribution in [3.8, 4) is 11.4 Å². The Kier molecular flexibility index (Phi) is 2.73. The molecule has 0 aliphatic rings. The summed E-state index contributed by atoms with van der Waals surface area (Å²) >= 11 is 0. The number of nitrogens with one attached hydrogen (secondary N) is 1. The first kappa shape index (κ1) is 9.79. The van der Waals surface area contributed by atoms with Gasteiger partial charge in [0.05, 0.1) is 0 Å². The quantitative estimate of drug-likeness (QED) is 0.768. The molecule has 78 valence electrons. The van der Waals surface area contributed by atoms with E-state index in [-0.39, 0.29) is 0 Å². The first-order valence-corrected chi connectivity index (χ1v) is 4.83. The number of pyridine rings is 1. The highest BCUT2D eigenvalue weighted by atomic mass is 15.2. The molecule has 0 atom stereocenters. The summed E-state index contributed by atoms with van der Waals surface area (Å²) in [6, 6.07) is 1.94. The molecule has 3 N–H and O–H groups in total. The summed E-state index contributed by atoms with van der Waals surface area (Å²) in [6.45, 7) is 2.58. The van der Waals surface area contributed by atoms with E-state index in [1.807, 2.05) is 13.0 Å². The first-order chi connectivity index (χ1) is 7.31. The summed E-state index contributed by atoms with van der Waals surface area (Å²) in [6.07, 6.45) is 4.24. The molecule has 0 aromatic carbocycles. The fourth-order valence-electron chi connectivity index (χ4n) is 1.36. The number of rotatable bonds is 3. The summed E-state index contributed by atoms with van der Waals surface area (Å²) in [5.74, 6) is 1.50. The van der Waals surface area contributed by atoms with Crippen LogP contribution in [0.1, 0.15) is 11.4 Å². The normalized spacial score (nSPS) is 10.5. The molecule has 2 aromatic heterocycles. The van der Waals surface area contributed by atoms with Crippen molar-refractivity contribution >= 4 is 0 Å². The van der Waals surface area contributed by atoms with Gasteiger partial charge in [0, 0.05) is 24.4 Å². The third kappa shape index (κ3) is 2.02. The smallest absolute Gasteiger partial charge is 0.182 e. The fourth-order valence-corrected chi connectivity index (χ4v) is 1.36. The number of H-pyrrole nitrogens is 1. The van der Waals surface area contributed by atoms with E-state index < -0.39 is 0 Å². The zero-order chi connectivity index (χ0) is 10.7. The highest BCUT2D eigenvalue weighted by molar-refractivity contribution is 5.57. The number of aromatic nitrogens is 4. The third-order valence-electron chi connectivity index (χ3n) is 2.19. The summed E-state index contributed by atoms with van der Waals surface area (Å²) in [5.41, 5.74) is 7.51. The Morgan fingerprint density at radius 1 is 1.47 bits per heavy atom. The largest absolute Gasteiger partial charge is 0.330 e. The van der Waals surface area contributed by atoms with Crippen molar-refractivity contribution in [2.24, 2.45) is 5.73 Å². The lowest BCUT2D eigenvalue weighted by atomic mass is 10.1. The third-order valence-corrected chi connectivity index (χ3v) is 2.19. The second-order valence-electron chi connectivity index (χ2n) is 3.33. The van der Waals surface area contributed by atoms with E-state index in [0.29, 0.717) is 18.8 Å². The van der Waals surface area contributed by atoms with Crippen LogP contribution in [0.5, 0.6) is 0 Å². The zero-order valence-electron chi connectivity index (χ0n) is 8.57.